The van der Waals surface area contributed by atoms with Crippen molar-refractivity contribution >= 4 is 10.8 Å². The Labute approximate surface area is 114 Å². The first-order valence-corrected chi connectivity index (χ1v) is 7.05. The molecule has 0 aliphatic carbocycles. The molecule has 0 saturated carbocycles. The molecule has 0 amide bonds. The van der Waals surface area contributed by atoms with E-state index < -0.39 is 0 Å². The van der Waals surface area contributed by atoms with E-state index in [9.17, 15) is 0 Å². The molecule has 1 aromatic heterocycles. The van der Waals surface area contributed by atoms with Gasteiger partial charge < -0.3 is 4.74 Å². The average molecular weight is 256 g/mol. The molecule has 2 aromatic rings. The topological polar surface area (TPSA) is 25.4 Å². The summed E-state index contributed by atoms with van der Waals surface area (Å²) in [4.78, 5) is 6.83. The van der Waals surface area contributed by atoms with E-state index in [2.05, 4.69) is 34.1 Å². The van der Waals surface area contributed by atoms with Gasteiger partial charge in [0.25, 0.3) is 0 Å². The van der Waals surface area contributed by atoms with Gasteiger partial charge in [0.1, 0.15) is 0 Å². The highest BCUT2D eigenvalue weighted by Crippen LogP contribution is 2.18. The first kappa shape index (κ1) is 12.6. The van der Waals surface area contributed by atoms with Crippen molar-refractivity contribution in [1.82, 2.24) is 9.88 Å². The van der Waals surface area contributed by atoms with Crippen LogP contribution in [-0.2, 0) is 11.2 Å². The van der Waals surface area contributed by atoms with Crippen molar-refractivity contribution in [1.29, 1.82) is 0 Å². The molecular formula is C16H20N2O. The van der Waals surface area contributed by atoms with E-state index in [1.807, 2.05) is 12.4 Å². The molecule has 0 N–H and O–H groups in total. The van der Waals surface area contributed by atoms with Crippen LogP contribution < -0.4 is 0 Å². The van der Waals surface area contributed by atoms with Crippen LogP contribution in [0.15, 0.2) is 36.7 Å². The van der Waals surface area contributed by atoms with Crippen molar-refractivity contribution < 1.29 is 4.74 Å². The molecule has 0 radical (unpaired) electrons. The van der Waals surface area contributed by atoms with E-state index >= 15 is 0 Å². The molecule has 1 aromatic carbocycles. The van der Waals surface area contributed by atoms with Crippen LogP contribution >= 0.6 is 0 Å². The van der Waals surface area contributed by atoms with Gasteiger partial charge in [-0.2, -0.15) is 0 Å². The molecule has 3 rings (SSSR count). The van der Waals surface area contributed by atoms with Gasteiger partial charge in [0.05, 0.1) is 13.2 Å². The highest BCUT2D eigenvalue weighted by Gasteiger charge is 2.09. The number of nitrogens with zero attached hydrogens (tertiary/aromatic N) is 2. The van der Waals surface area contributed by atoms with Crippen LogP contribution in [0.2, 0.25) is 0 Å². The minimum atomic E-state index is 0.885. The zero-order valence-corrected chi connectivity index (χ0v) is 11.2. The second kappa shape index (κ2) is 6.13. The summed E-state index contributed by atoms with van der Waals surface area (Å²) in [5.74, 6) is 0. The average Bonchev–Trinajstić information content (AvgIpc) is 2.49. The van der Waals surface area contributed by atoms with Gasteiger partial charge in [-0.25, -0.2) is 0 Å². The molecule has 0 spiro atoms. The Morgan fingerprint density at radius 2 is 1.95 bits per heavy atom. The van der Waals surface area contributed by atoms with E-state index in [4.69, 9.17) is 4.74 Å². The number of aromatic nitrogens is 1. The van der Waals surface area contributed by atoms with Gasteiger partial charge >= 0.3 is 0 Å². The fourth-order valence-corrected chi connectivity index (χ4v) is 2.70. The predicted molar refractivity (Wildman–Crippen MR) is 77.3 cm³/mol. The van der Waals surface area contributed by atoms with E-state index in [0.717, 1.165) is 39.3 Å². The Kier molecular flexibility index (Phi) is 4.06. The predicted octanol–water partition coefficient (Wildman–Crippen LogP) is 2.50. The van der Waals surface area contributed by atoms with E-state index in [1.165, 1.54) is 22.8 Å². The summed E-state index contributed by atoms with van der Waals surface area (Å²) in [6.45, 7) is 5.08. The summed E-state index contributed by atoms with van der Waals surface area (Å²) in [6, 6.07) is 8.50. The van der Waals surface area contributed by atoms with E-state index in [1.54, 1.807) is 0 Å². The molecule has 1 fully saturated rings. The Hall–Kier alpha value is -1.45. The van der Waals surface area contributed by atoms with Gasteiger partial charge in [0, 0.05) is 30.9 Å². The molecule has 2 heterocycles. The molecule has 19 heavy (non-hydrogen) atoms. The lowest BCUT2D eigenvalue weighted by Crippen LogP contribution is -2.36. The van der Waals surface area contributed by atoms with E-state index in [0.29, 0.717) is 0 Å². The largest absolute Gasteiger partial charge is 0.379 e. The Morgan fingerprint density at radius 1 is 1.11 bits per heavy atom. The Morgan fingerprint density at radius 3 is 2.84 bits per heavy atom. The maximum atomic E-state index is 5.37. The zero-order chi connectivity index (χ0) is 12.9. The number of morpholine rings is 1. The first-order valence-electron chi connectivity index (χ1n) is 7.05. The minimum Gasteiger partial charge on any atom is -0.379 e. The number of pyridine rings is 1. The van der Waals surface area contributed by atoms with Gasteiger partial charge in [-0.15, -0.1) is 0 Å². The quantitative estimate of drug-likeness (QED) is 0.840. The lowest BCUT2D eigenvalue weighted by atomic mass is 10.0. The Balaban J connectivity index is 1.62. The van der Waals surface area contributed by atoms with Crippen LogP contribution in [0.4, 0.5) is 0 Å². The third kappa shape index (κ3) is 3.11. The minimum absolute atomic E-state index is 0.885. The number of benzene rings is 1. The highest BCUT2D eigenvalue weighted by molar-refractivity contribution is 5.84. The number of hydrogen-bond acceptors (Lipinski definition) is 3. The summed E-state index contributed by atoms with van der Waals surface area (Å²) >= 11 is 0. The number of aryl methyl sites for hydroxylation is 1. The third-order valence-electron chi connectivity index (χ3n) is 3.77. The van der Waals surface area contributed by atoms with Crippen LogP contribution in [0.3, 0.4) is 0 Å². The highest BCUT2D eigenvalue weighted by atomic mass is 16.5. The molecule has 100 valence electrons. The Bertz CT molecular complexity index is 530. The number of ether oxygens (including phenoxy) is 1. The summed E-state index contributed by atoms with van der Waals surface area (Å²) < 4.78 is 5.37. The maximum Gasteiger partial charge on any atom is 0.0594 e. The second-order valence-corrected chi connectivity index (χ2v) is 5.08. The number of hydrogen-bond donors (Lipinski definition) is 0. The summed E-state index contributed by atoms with van der Waals surface area (Å²) in [6.07, 6.45) is 6.25. The molecule has 0 atom stereocenters. The smallest absolute Gasteiger partial charge is 0.0594 e. The number of fused-ring (bicyclic) bond motifs is 1. The lowest BCUT2D eigenvalue weighted by molar-refractivity contribution is 0.0375. The van der Waals surface area contributed by atoms with Gasteiger partial charge in [-0.05, 0) is 30.3 Å². The van der Waals surface area contributed by atoms with Crippen molar-refractivity contribution in [3.63, 3.8) is 0 Å². The number of rotatable bonds is 4. The molecule has 1 aliphatic heterocycles. The lowest BCUT2D eigenvalue weighted by Gasteiger charge is -2.26. The molecule has 1 aliphatic rings. The molecule has 3 heteroatoms. The van der Waals surface area contributed by atoms with Gasteiger partial charge in [-0.3, -0.25) is 9.88 Å². The molecule has 0 bridgehead atoms. The molecule has 3 nitrogen and oxygen atoms in total. The van der Waals surface area contributed by atoms with Gasteiger partial charge in [0.15, 0.2) is 0 Å². The van der Waals surface area contributed by atoms with Crippen molar-refractivity contribution in [3.05, 3.63) is 42.2 Å². The fraction of sp³-hybridized carbons (Fsp3) is 0.438. The van der Waals surface area contributed by atoms with Crippen molar-refractivity contribution in [2.45, 2.75) is 12.8 Å². The third-order valence-corrected chi connectivity index (χ3v) is 3.77. The first-order chi connectivity index (χ1) is 9.43. The summed E-state index contributed by atoms with van der Waals surface area (Å²) in [5.41, 5.74) is 1.37. The fourth-order valence-electron chi connectivity index (χ4n) is 2.70. The van der Waals surface area contributed by atoms with Crippen LogP contribution in [0.5, 0.6) is 0 Å². The van der Waals surface area contributed by atoms with Gasteiger partial charge in [-0.1, -0.05) is 24.3 Å². The zero-order valence-electron chi connectivity index (χ0n) is 11.2. The van der Waals surface area contributed by atoms with Crippen molar-refractivity contribution in [2.75, 3.05) is 32.8 Å². The van der Waals surface area contributed by atoms with Gasteiger partial charge in [0.2, 0.25) is 0 Å². The molecular weight excluding hydrogens is 236 g/mol. The normalized spacial score (nSPS) is 16.8. The van der Waals surface area contributed by atoms with Crippen LogP contribution in [0.1, 0.15) is 12.0 Å². The molecule has 0 unspecified atom stereocenters. The second-order valence-electron chi connectivity index (χ2n) is 5.08. The van der Waals surface area contributed by atoms with Crippen LogP contribution in [0.25, 0.3) is 10.8 Å². The summed E-state index contributed by atoms with van der Waals surface area (Å²) in [5, 5.41) is 2.59. The molecule has 1 saturated heterocycles. The van der Waals surface area contributed by atoms with Crippen molar-refractivity contribution in [3.8, 4) is 0 Å². The van der Waals surface area contributed by atoms with Crippen LogP contribution in [0, 0.1) is 0 Å². The maximum absolute atomic E-state index is 5.37. The van der Waals surface area contributed by atoms with Crippen LogP contribution in [-0.4, -0.2) is 42.7 Å². The SMILES string of the molecule is c1ccc2c(CCCN3CCOCC3)cncc2c1. The standard InChI is InChI=1S/C16H20N2O/c1-2-6-16-14(4-1)12-17-13-15(16)5-3-7-18-8-10-19-11-9-18/h1-2,4,6,12-13H,3,5,7-11H2. The monoisotopic (exact) mass is 256 g/mol. The summed E-state index contributed by atoms with van der Waals surface area (Å²) in [7, 11) is 0. The van der Waals surface area contributed by atoms with E-state index in [-0.39, 0.29) is 0 Å². The van der Waals surface area contributed by atoms with Crippen molar-refractivity contribution in [2.24, 2.45) is 0 Å².